The lowest BCUT2D eigenvalue weighted by atomic mass is 10.2. The van der Waals surface area contributed by atoms with Crippen LogP contribution in [0.5, 0.6) is 5.75 Å². The predicted molar refractivity (Wildman–Crippen MR) is 105 cm³/mol. The minimum atomic E-state index is -3.97. The van der Waals surface area contributed by atoms with Gasteiger partial charge in [0.25, 0.3) is 10.0 Å². The Morgan fingerprint density at radius 3 is 2.00 bits per heavy atom. The Kier molecular flexibility index (Phi) is 5.76. The Balaban J connectivity index is 1.72. The number of nitrogens with zero attached hydrogens (tertiary/aromatic N) is 1. The second kappa shape index (κ2) is 8.24. The van der Waals surface area contributed by atoms with Crippen molar-refractivity contribution in [3.63, 3.8) is 0 Å². The van der Waals surface area contributed by atoms with Crippen molar-refractivity contribution in [1.82, 2.24) is 4.83 Å². The molecule has 0 heterocycles. The molecule has 0 spiro atoms. The lowest BCUT2D eigenvalue weighted by Gasteiger charge is -2.07. The third kappa shape index (κ3) is 4.96. The van der Waals surface area contributed by atoms with E-state index in [9.17, 15) is 16.8 Å². The van der Waals surface area contributed by atoms with Gasteiger partial charge in [-0.3, -0.25) is 0 Å². The van der Waals surface area contributed by atoms with Gasteiger partial charge in [0.15, 0.2) is 0 Å². The van der Waals surface area contributed by atoms with Crippen LogP contribution in [0.2, 0.25) is 0 Å². The molecule has 0 atom stereocenters. The molecule has 0 saturated carbocycles. The second-order valence-corrected chi connectivity index (χ2v) is 8.80. The molecular formula is C19H16N2O5S2. The average molecular weight is 416 g/mol. The zero-order valence-electron chi connectivity index (χ0n) is 14.5. The largest absolute Gasteiger partial charge is 0.379 e. The van der Waals surface area contributed by atoms with Crippen LogP contribution in [0.25, 0.3) is 0 Å². The van der Waals surface area contributed by atoms with E-state index in [4.69, 9.17) is 4.18 Å². The molecule has 3 rings (SSSR count). The molecule has 7 nitrogen and oxygen atoms in total. The van der Waals surface area contributed by atoms with E-state index in [2.05, 4.69) is 9.93 Å². The maximum atomic E-state index is 12.3. The van der Waals surface area contributed by atoms with Crippen LogP contribution in [-0.2, 0) is 20.1 Å². The summed E-state index contributed by atoms with van der Waals surface area (Å²) in [6.07, 6.45) is 1.25. The number of benzene rings is 3. The van der Waals surface area contributed by atoms with E-state index >= 15 is 0 Å². The highest BCUT2D eigenvalue weighted by atomic mass is 32.2. The summed E-state index contributed by atoms with van der Waals surface area (Å²) in [5.74, 6) is 0.0821. The summed E-state index contributed by atoms with van der Waals surface area (Å²) in [4.78, 5) is 2.21. The fraction of sp³-hybridized carbons (Fsp3) is 0. The minimum absolute atomic E-state index is 0.0321. The normalized spacial score (nSPS) is 12.0. The quantitative estimate of drug-likeness (QED) is 0.362. The van der Waals surface area contributed by atoms with Gasteiger partial charge in [0.1, 0.15) is 10.6 Å². The van der Waals surface area contributed by atoms with Crippen LogP contribution in [-0.4, -0.2) is 23.1 Å². The van der Waals surface area contributed by atoms with Crippen LogP contribution in [0.3, 0.4) is 0 Å². The molecule has 9 heteroatoms. The summed E-state index contributed by atoms with van der Waals surface area (Å²) in [7, 11) is -7.75. The molecule has 1 N–H and O–H groups in total. The van der Waals surface area contributed by atoms with Gasteiger partial charge < -0.3 is 4.18 Å². The van der Waals surface area contributed by atoms with Crippen LogP contribution < -0.4 is 9.01 Å². The highest BCUT2D eigenvalue weighted by Crippen LogP contribution is 2.19. The van der Waals surface area contributed by atoms with Gasteiger partial charge in [0.05, 0.1) is 11.1 Å². The zero-order chi connectivity index (χ0) is 20.0. The number of hydrogen-bond acceptors (Lipinski definition) is 6. The molecule has 0 fully saturated rings. The monoisotopic (exact) mass is 416 g/mol. The Labute approximate surface area is 163 Å². The summed E-state index contributed by atoms with van der Waals surface area (Å²) in [6, 6.07) is 21.7. The van der Waals surface area contributed by atoms with Gasteiger partial charge in [0, 0.05) is 0 Å². The summed E-state index contributed by atoms with van der Waals surface area (Å²) in [6.45, 7) is 0. The molecule has 0 aromatic heterocycles. The maximum absolute atomic E-state index is 12.3. The van der Waals surface area contributed by atoms with E-state index in [-0.39, 0.29) is 15.5 Å². The Morgan fingerprint density at radius 2 is 1.36 bits per heavy atom. The lowest BCUT2D eigenvalue weighted by molar-refractivity contribution is 0.486. The Hall–Kier alpha value is -3.17. The average Bonchev–Trinajstić information content (AvgIpc) is 2.69. The van der Waals surface area contributed by atoms with Gasteiger partial charge >= 0.3 is 10.1 Å². The van der Waals surface area contributed by atoms with Crippen molar-refractivity contribution in [2.45, 2.75) is 9.79 Å². The fourth-order valence-corrected chi connectivity index (χ4v) is 3.99. The highest BCUT2D eigenvalue weighted by Gasteiger charge is 2.16. The first kappa shape index (κ1) is 19.6. The minimum Gasteiger partial charge on any atom is -0.379 e. The summed E-state index contributed by atoms with van der Waals surface area (Å²) < 4.78 is 53.9. The van der Waals surface area contributed by atoms with E-state index in [1.165, 1.54) is 42.6 Å². The molecule has 0 aliphatic heterocycles. The molecule has 0 radical (unpaired) electrons. The number of nitrogens with one attached hydrogen (secondary N) is 1. The SMILES string of the molecule is O=S(=O)(N/N=C\c1cccc(OS(=O)(=O)c2ccccc2)c1)c1ccccc1. The van der Waals surface area contributed by atoms with Gasteiger partial charge in [-0.2, -0.15) is 21.9 Å². The van der Waals surface area contributed by atoms with Crippen molar-refractivity contribution < 1.29 is 21.0 Å². The summed E-state index contributed by atoms with van der Waals surface area (Å²) in [5.41, 5.74) is 0.455. The van der Waals surface area contributed by atoms with Gasteiger partial charge in [-0.15, -0.1) is 0 Å². The molecular weight excluding hydrogens is 400 g/mol. The Morgan fingerprint density at radius 1 is 0.750 bits per heavy atom. The highest BCUT2D eigenvalue weighted by molar-refractivity contribution is 7.89. The van der Waals surface area contributed by atoms with Crippen molar-refractivity contribution in [3.8, 4) is 5.75 Å². The third-order valence-electron chi connectivity index (χ3n) is 3.54. The first-order valence-electron chi connectivity index (χ1n) is 8.06. The molecule has 144 valence electrons. The molecule has 0 aliphatic rings. The van der Waals surface area contributed by atoms with Crippen LogP contribution in [0.1, 0.15) is 5.56 Å². The molecule has 0 saturated heterocycles. The fourth-order valence-electron chi connectivity index (χ4n) is 2.23. The smallest absolute Gasteiger partial charge is 0.339 e. The molecule has 0 amide bonds. The molecule has 3 aromatic rings. The van der Waals surface area contributed by atoms with E-state index in [1.54, 1.807) is 48.5 Å². The van der Waals surface area contributed by atoms with Crippen LogP contribution in [0, 0.1) is 0 Å². The van der Waals surface area contributed by atoms with Gasteiger partial charge in [0.2, 0.25) is 0 Å². The van der Waals surface area contributed by atoms with Crippen LogP contribution in [0.15, 0.2) is 99.8 Å². The van der Waals surface area contributed by atoms with E-state index in [0.717, 1.165) is 0 Å². The topological polar surface area (TPSA) is 102 Å². The van der Waals surface area contributed by atoms with Crippen LogP contribution in [0.4, 0.5) is 0 Å². The molecule has 0 aliphatic carbocycles. The third-order valence-corrected chi connectivity index (χ3v) is 6.04. The van der Waals surface area contributed by atoms with Crippen molar-refractivity contribution >= 4 is 26.4 Å². The van der Waals surface area contributed by atoms with E-state index in [1.807, 2.05) is 0 Å². The molecule has 3 aromatic carbocycles. The van der Waals surface area contributed by atoms with Crippen molar-refractivity contribution in [3.05, 3.63) is 90.5 Å². The van der Waals surface area contributed by atoms with Crippen molar-refractivity contribution in [2.24, 2.45) is 5.10 Å². The van der Waals surface area contributed by atoms with Gasteiger partial charge in [-0.05, 0) is 42.0 Å². The number of hydrogen-bond donors (Lipinski definition) is 1. The summed E-state index contributed by atoms with van der Waals surface area (Å²) >= 11 is 0. The number of hydrazone groups is 1. The number of rotatable bonds is 7. The second-order valence-electron chi connectivity index (χ2n) is 5.59. The van der Waals surface area contributed by atoms with Crippen molar-refractivity contribution in [1.29, 1.82) is 0 Å². The zero-order valence-corrected chi connectivity index (χ0v) is 16.1. The standard InChI is InChI=1S/C19H16N2O5S2/c22-27(23,18-10-3-1-4-11-18)21-20-15-16-8-7-9-17(14-16)26-28(24,25)19-12-5-2-6-13-19/h1-15,21H/b20-15-. The maximum Gasteiger partial charge on any atom is 0.339 e. The lowest BCUT2D eigenvalue weighted by Crippen LogP contribution is -2.18. The first-order chi connectivity index (χ1) is 13.4. The molecule has 0 unspecified atom stereocenters. The van der Waals surface area contributed by atoms with E-state index in [0.29, 0.717) is 5.56 Å². The molecule has 28 heavy (non-hydrogen) atoms. The van der Waals surface area contributed by atoms with Gasteiger partial charge in [-0.1, -0.05) is 48.5 Å². The first-order valence-corrected chi connectivity index (χ1v) is 11.0. The van der Waals surface area contributed by atoms with Crippen LogP contribution >= 0.6 is 0 Å². The molecule has 0 bridgehead atoms. The number of sulfonamides is 1. The van der Waals surface area contributed by atoms with E-state index < -0.39 is 20.1 Å². The summed E-state index contributed by atoms with van der Waals surface area (Å²) in [5, 5.41) is 3.72. The van der Waals surface area contributed by atoms with Crippen molar-refractivity contribution in [2.75, 3.05) is 0 Å². The van der Waals surface area contributed by atoms with Gasteiger partial charge in [-0.25, -0.2) is 4.83 Å². The Bertz CT molecular complexity index is 1180. The predicted octanol–water partition coefficient (Wildman–Crippen LogP) is 2.77.